The van der Waals surface area contributed by atoms with Gasteiger partial charge in [0.25, 0.3) is 11.8 Å². The molecule has 0 saturated carbocycles. The first-order valence-electron chi connectivity index (χ1n) is 9.97. The summed E-state index contributed by atoms with van der Waals surface area (Å²) < 4.78 is 40.4. The number of rotatable bonds is 8. The van der Waals surface area contributed by atoms with Crippen LogP contribution < -0.4 is 11.1 Å². The molecule has 8 heteroatoms. The van der Waals surface area contributed by atoms with Crippen LogP contribution in [0.5, 0.6) is 0 Å². The number of hydrogen-bond donors (Lipinski definition) is 2. The van der Waals surface area contributed by atoms with Gasteiger partial charge in [0.2, 0.25) is 0 Å². The molecule has 166 valence electrons. The predicted molar refractivity (Wildman–Crippen MR) is 116 cm³/mol. The Bertz CT molecular complexity index is 1080. The topological polar surface area (TPSA) is 75.4 Å². The first kappa shape index (κ1) is 23.0. The van der Waals surface area contributed by atoms with Crippen LogP contribution in [-0.2, 0) is 6.54 Å². The zero-order valence-electron chi connectivity index (χ0n) is 17.2. The highest BCUT2D eigenvalue weighted by molar-refractivity contribution is 6.04. The summed E-state index contributed by atoms with van der Waals surface area (Å²) in [6.45, 7) is 0.661. The van der Waals surface area contributed by atoms with Gasteiger partial charge in [-0.25, -0.2) is 13.2 Å². The van der Waals surface area contributed by atoms with Gasteiger partial charge in [0.1, 0.15) is 17.5 Å². The summed E-state index contributed by atoms with van der Waals surface area (Å²) in [5, 5.41) is 2.76. The van der Waals surface area contributed by atoms with E-state index in [-0.39, 0.29) is 24.2 Å². The second-order valence-electron chi connectivity index (χ2n) is 7.15. The monoisotopic (exact) mass is 441 g/mol. The Labute approximate surface area is 183 Å². The Morgan fingerprint density at radius 1 is 0.844 bits per heavy atom. The van der Waals surface area contributed by atoms with Crippen LogP contribution in [0.1, 0.15) is 32.7 Å². The summed E-state index contributed by atoms with van der Waals surface area (Å²) >= 11 is 0. The Kier molecular flexibility index (Phi) is 7.62. The number of amides is 2. The highest BCUT2D eigenvalue weighted by Crippen LogP contribution is 2.21. The lowest BCUT2D eigenvalue weighted by Gasteiger charge is -2.24. The number of carbonyl (C=O) groups excluding carboxylic acids is 2. The maximum Gasteiger partial charge on any atom is 0.255 e. The van der Waals surface area contributed by atoms with Crippen molar-refractivity contribution in [1.29, 1.82) is 0 Å². The van der Waals surface area contributed by atoms with Gasteiger partial charge in [-0.3, -0.25) is 9.59 Å². The Morgan fingerprint density at radius 3 is 2.16 bits per heavy atom. The van der Waals surface area contributed by atoms with Gasteiger partial charge in [0.15, 0.2) is 0 Å². The molecule has 0 spiro atoms. The zero-order valence-corrected chi connectivity index (χ0v) is 17.2. The molecule has 0 aliphatic heterocycles. The average molecular weight is 441 g/mol. The number of nitrogens with one attached hydrogen (secondary N) is 1. The number of hydrogen-bond acceptors (Lipinski definition) is 3. The van der Waals surface area contributed by atoms with Gasteiger partial charge >= 0.3 is 0 Å². The SMILES string of the molecule is NCCCN(Cc1ccccc1NC(=O)c1ccc(F)cc1)C(=O)c1cc(F)cc(F)c1. The van der Waals surface area contributed by atoms with Crippen LogP contribution in [0.25, 0.3) is 0 Å². The van der Waals surface area contributed by atoms with Crippen LogP contribution in [0.15, 0.2) is 66.7 Å². The standard InChI is InChI=1S/C24H22F3N3O2/c25-19-8-6-16(7-9-19)23(31)29-22-5-2-1-4-17(22)15-30(11-3-10-28)24(32)18-12-20(26)14-21(27)13-18/h1-2,4-9,12-14H,3,10-11,15,28H2,(H,29,31). The van der Waals surface area contributed by atoms with Gasteiger partial charge in [-0.05, 0) is 61.0 Å². The molecule has 0 bridgehead atoms. The molecule has 3 N–H and O–H groups in total. The van der Waals surface area contributed by atoms with Crippen LogP contribution in [-0.4, -0.2) is 29.8 Å². The minimum Gasteiger partial charge on any atom is -0.334 e. The van der Waals surface area contributed by atoms with Gasteiger partial charge in [-0.2, -0.15) is 0 Å². The van der Waals surface area contributed by atoms with E-state index in [1.165, 1.54) is 29.2 Å². The summed E-state index contributed by atoms with van der Waals surface area (Å²) in [6, 6.07) is 14.6. The van der Waals surface area contributed by atoms with E-state index < -0.39 is 29.3 Å². The van der Waals surface area contributed by atoms with E-state index in [1.807, 2.05) is 0 Å². The fourth-order valence-corrected chi connectivity index (χ4v) is 3.18. The molecule has 3 aromatic carbocycles. The Morgan fingerprint density at radius 2 is 1.50 bits per heavy atom. The highest BCUT2D eigenvalue weighted by atomic mass is 19.1. The van der Waals surface area contributed by atoms with Crippen molar-refractivity contribution < 1.29 is 22.8 Å². The largest absolute Gasteiger partial charge is 0.334 e. The maximum atomic E-state index is 13.6. The van der Waals surface area contributed by atoms with E-state index in [9.17, 15) is 22.8 Å². The molecule has 0 heterocycles. The fourth-order valence-electron chi connectivity index (χ4n) is 3.18. The number of halogens is 3. The third-order valence-corrected chi connectivity index (χ3v) is 4.76. The molecule has 2 amide bonds. The van der Waals surface area contributed by atoms with Crippen LogP contribution >= 0.6 is 0 Å². The highest BCUT2D eigenvalue weighted by Gasteiger charge is 2.19. The molecule has 0 radical (unpaired) electrons. The van der Waals surface area contributed by atoms with E-state index in [1.54, 1.807) is 24.3 Å². The Balaban J connectivity index is 1.84. The van der Waals surface area contributed by atoms with E-state index in [0.717, 1.165) is 12.1 Å². The maximum absolute atomic E-state index is 13.6. The first-order chi connectivity index (χ1) is 15.4. The summed E-state index contributed by atoms with van der Waals surface area (Å²) in [4.78, 5) is 26.9. The summed E-state index contributed by atoms with van der Waals surface area (Å²) in [6.07, 6.45) is 0.480. The van der Waals surface area contributed by atoms with Crippen LogP contribution in [0.3, 0.4) is 0 Å². The minimum atomic E-state index is -0.848. The fraction of sp³-hybridized carbons (Fsp3) is 0.167. The molecule has 0 atom stereocenters. The van der Waals surface area contributed by atoms with Crippen molar-refractivity contribution in [2.45, 2.75) is 13.0 Å². The normalized spacial score (nSPS) is 10.6. The molecule has 0 unspecified atom stereocenters. The summed E-state index contributed by atoms with van der Waals surface area (Å²) in [7, 11) is 0. The molecule has 0 aliphatic carbocycles. The Hall–Kier alpha value is -3.65. The van der Waals surface area contributed by atoms with Crippen molar-refractivity contribution in [2.75, 3.05) is 18.4 Å². The number of nitrogens with two attached hydrogens (primary N) is 1. The van der Waals surface area contributed by atoms with Gasteiger partial charge in [-0.1, -0.05) is 18.2 Å². The quantitative estimate of drug-likeness (QED) is 0.546. The zero-order chi connectivity index (χ0) is 23.1. The second-order valence-corrected chi connectivity index (χ2v) is 7.15. The van der Waals surface area contributed by atoms with Crippen molar-refractivity contribution in [3.63, 3.8) is 0 Å². The predicted octanol–water partition coefficient (Wildman–Crippen LogP) is 4.35. The molecule has 0 aromatic heterocycles. The minimum absolute atomic E-state index is 0.0802. The smallest absolute Gasteiger partial charge is 0.255 e. The van der Waals surface area contributed by atoms with E-state index in [0.29, 0.717) is 30.3 Å². The molecular formula is C24H22F3N3O2. The van der Waals surface area contributed by atoms with Gasteiger partial charge in [0.05, 0.1) is 0 Å². The van der Waals surface area contributed by atoms with Gasteiger partial charge in [-0.15, -0.1) is 0 Å². The lowest BCUT2D eigenvalue weighted by molar-refractivity contribution is 0.0741. The molecule has 3 aromatic rings. The molecule has 5 nitrogen and oxygen atoms in total. The average Bonchev–Trinajstić information content (AvgIpc) is 2.77. The third kappa shape index (κ3) is 5.95. The third-order valence-electron chi connectivity index (χ3n) is 4.76. The van der Waals surface area contributed by atoms with Crippen molar-refractivity contribution in [3.05, 3.63) is 101 Å². The van der Waals surface area contributed by atoms with Crippen molar-refractivity contribution in [2.24, 2.45) is 5.73 Å². The molecular weight excluding hydrogens is 419 g/mol. The number of carbonyl (C=O) groups is 2. The van der Waals surface area contributed by atoms with Crippen molar-refractivity contribution >= 4 is 17.5 Å². The first-order valence-corrected chi connectivity index (χ1v) is 9.97. The number of para-hydroxylation sites is 1. The van der Waals surface area contributed by atoms with Crippen LogP contribution in [0.4, 0.5) is 18.9 Å². The lowest BCUT2D eigenvalue weighted by atomic mass is 10.1. The molecule has 32 heavy (non-hydrogen) atoms. The molecule has 0 fully saturated rings. The van der Waals surface area contributed by atoms with Crippen LogP contribution in [0, 0.1) is 17.5 Å². The number of anilines is 1. The molecule has 0 aliphatic rings. The van der Waals surface area contributed by atoms with Gasteiger partial charge in [0, 0.05) is 36.0 Å². The van der Waals surface area contributed by atoms with Crippen LogP contribution in [0.2, 0.25) is 0 Å². The molecule has 3 rings (SSSR count). The summed E-state index contributed by atoms with van der Waals surface area (Å²) in [5.74, 6) is -3.15. The number of benzene rings is 3. The van der Waals surface area contributed by atoms with E-state index >= 15 is 0 Å². The lowest BCUT2D eigenvalue weighted by Crippen LogP contribution is -2.33. The molecule has 0 saturated heterocycles. The number of nitrogens with zero attached hydrogens (tertiary/aromatic N) is 1. The van der Waals surface area contributed by atoms with E-state index in [4.69, 9.17) is 5.73 Å². The van der Waals surface area contributed by atoms with Crippen molar-refractivity contribution in [3.8, 4) is 0 Å². The van der Waals surface area contributed by atoms with Gasteiger partial charge < -0.3 is 16.0 Å². The van der Waals surface area contributed by atoms with Crippen molar-refractivity contribution in [1.82, 2.24) is 4.90 Å². The van der Waals surface area contributed by atoms with E-state index in [2.05, 4.69) is 5.32 Å². The second kappa shape index (κ2) is 10.6. The summed E-state index contributed by atoms with van der Waals surface area (Å²) in [5.41, 5.74) is 6.81.